The first-order chi connectivity index (χ1) is 10.6. The molecule has 0 fully saturated rings. The van der Waals surface area contributed by atoms with Crippen molar-refractivity contribution < 1.29 is 14.4 Å². The smallest absolute Gasteiger partial charge is 0.312 e. The first-order valence-corrected chi connectivity index (χ1v) is 6.73. The maximum atomic E-state index is 11.9. The maximum Gasteiger partial charge on any atom is 0.312 e. The van der Waals surface area contributed by atoms with Crippen LogP contribution in [0.4, 0.5) is 4.79 Å². The highest BCUT2D eigenvalue weighted by atomic mass is 16.6. The number of nitrogens with one attached hydrogen (secondary N) is 2. The fourth-order valence-corrected chi connectivity index (χ4v) is 1.78. The quantitative estimate of drug-likeness (QED) is 0.709. The standard InChI is InChI=1S/C16H17N3O3/c17-16(21)18-10-12-6-8-14(9-7-12)15(20)19-22-11-13-4-2-1-3-5-13/h1-9H,10-11H2,(H,19,20)(H3,17,18,21). The summed E-state index contributed by atoms with van der Waals surface area (Å²) in [6, 6.07) is 15.7. The van der Waals surface area contributed by atoms with Crippen molar-refractivity contribution in [3.63, 3.8) is 0 Å². The van der Waals surface area contributed by atoms with Crippen molar-refractivity contribution in [1.29, 1.82) is 0 Å². The number of benzene rings is 2. The van der Waals surface area contributed by atoms with Gasteiger partial charge in [-0.3, -0.25) is 9.63 Å². The number of rotatable bonds is 6. The zero-order chi connectivity index (χ0) is 15.8. The van der Waals surface area contributed by atoms with Crippen LogP contribution in [-0.2, 0) is 18.0 Å². The van der Waals surface area contributed by atoms with Crippen molar-refractivity contribution in [3.8, 4) is 0 Å². The molecule has 3 amide bonds. The van der Waals surface area contributed by atoms with Gasteiger partial charge in [0, 0.05) is 12.1 Å². The Bertz CT molecular complexity index is 627. The Kier molecular flexibility index (Phi) is 5.50. The molecule has 0 aliphatic rings. The predicted molar refractivity (Wildman–Crippen MR) is 81.6 cm³/mol. The number of hydrogen-bond acceptors (Lipinski definition) is 3. The van der Waals surface area contributed by atoms with Gasteiger partial charge in [0.15, 0.2) is 0 Å². The molecule has 0 spiro atoms. The minimum absolute atomic E-state index is 0.299. The summed E-state index contributed by atoms with van der Waals surface area (Å²) in [5, 5.41) is 2.48. The number of urea groups is 1. The monoisotopic (exact) mass is 299 g/mol. The summed E-state index contributed by atoms with van der Waals surface area (Å²) < 4.78 is 0. The number of amides is 3. The maximum absolute atomic E-state index is 11.9. The zero-order valence-electron chi connectivity index (χ0n) is 11.9. The number of primary amides is 1. The van der Waals surface area contributed by atoms with Crippen LogP contribution in [0.3, 0.4) is 0 Å². The Morgan fingerprint density at radius 2 is 1.64 bits per heavy atom. The molecule has 0 aliphatic carbocycles. The Labute approximate surface area is 128 Å². The van der Waals surface area contributed by atoms with E-state index >= 15 is 0 Å². The minimum atomic E-state index is -0.587. The lowest BCUT2D eigenvalue weighted by Gasteiger charge is -2.07. The number of hydroxylamine groups is 1. The molecule has 0 unspecified atom stereocenters. The van der Waals surface area contributed by atoms with Gasteiger partial charge >= 0.3 is 6.03 Å². The van der Waals surface area contributed by atoms with E-state index in [1.54, 1.807) is 24.3 Å². The van der Waals surface area contributed by atoms with E-state index in [2.05, 4.69) is 10.8 Å². The third kappa shape index (κ3) is 4.92. The molecule has 0 heterocycles. The number of hydrogen-bond donors (Lipinski definition) is 3. The van der Waals surface area contributed by atoms with E-state index < -0.39 is 6.03 Å². The third-order valence-electron chi connectivity index (χ3n) is 2.93. The molecule has 0 saturated heterocycles. The highest BCUT2D eigenvalue weighted by Crippen LogP contribution is 2.05. The third-order valence-corrected chi connectivity index (χ3v) is 2.93. The van der Waals surface area contributed by atoms with Crippen LogP contribution < -0.4 is 16.5 Å². The van der Waals surface area contributed by atoms with E-state index in [1.807, 2.05) is 30.3 Å². The molecule has 6 heteroatoms. The van der Waals surface area contributed by atoms with E-state index in [0.717, 1.165) is 11.1 Å². The van der Waals surface area contributed by atoms with Gasteiger partial charge in [-0.05, 0) is 23.3 Å². The van der Waals surface area contributed by atoms with Gasteiger partial charge in [0.25, 0.3) is 5.91 Å². The summed E-state index contributed by atoms with van der Waals surface area (Å²) in [6.45, 7) is 0.620. The van der Waals surface area contributed by atoms with Gasteiger partial charge in [-0.25, -0.2) is 10.3 Å². The van der Waals surface area contributed by atoms with Gasteiger partial charge in [-0.2, -0.15) is 0 Å². The average Bonchev–Trinajstić information content (AvgIpc) is 2.54. The van der Waals surface area contributed by atoms with E-state index in [-0.39, 0.29) is 5.91 Å². The van der Waals surface area contributed by atoms with Crippen molar-refractivity contribution in [2.45, 2.75) is 13.2 Å². The van der Waals surface area contributed by atoms with Crippen LogP contribution >= 0.6 is 0 Å². The van der Waals surface area contributed by atoms with Gasteiger partial charge in [0.2, 0.25) is 0 Å². The van der Waals surface area contributed by atoms with E-state index in [4.69, 9.17) is 10.6 Å². The van der Waals surface area contributed by atoms with Crippen LogP contribution in [0.5, 0.6) is 0 Å². The molecule has 2 rings (SSSR count). The molecular formula is C16H17N3O3. The van der Waals surface area contributed by atoms with Crippen molar-refractivity contribution in [2.24, 2.45) is 5.73 Å². The van der Waals surface area contributed by atoms with Crippen LogP contribution in [0.15, 0.2) is 54.6 Å². The first-order valence-electron chi connectivity index (χ1n) is 6.73. The SMILES string of the molecule is NC(=O)NCc1ccc(C(=O)NOCc2ccccc2)cc1. The summed E-state index contributed by atoms with van der Waals surface area (Å²) in [7, 11) is 0. The average molecular weight is 299 g/mol. The Morgan fingerprint density at radius 3 is 2.27 bits per heavy atom. The lowest BCUT2D eigenvalue weighted by atomic mass is 10.1. The molecule has 2 aromatic rings. The Morgan fingerprint density at radius 1 is 0.955 bits per heavy atom. The molecule has 0 aliphatic heterocycles. The van der Waals surface area contributed by atoms with E-state index in [0.29, 0.717) is 18.7 Å². The van der Waals surface area contributed by atoms with Crippen LogP contribution in [0.25, 0.3) is 0 Å². The minimum Gasteiger partial charge on any atom is -0.352 e. The number of carbonyl (C=O) groups is 2. The molecule has 0 aromatic heterocycles. The lowest BCUT2D eigenvalue weighted by molar-refractivity contribution is 0.0233. The molecular weight excluding hydrogens is 282 g/mol. The van der Waals surface area contributed by atoms with Gasteiger partial charge < -0.3 is 11.1 Å². The van der Waals surface area contributed by atoms with Crippen molar-refractivity contribution in [3.05, 3.63) is 71.3 Å². The first kappa shape index (κ1) is 15.5. The fraction of sp³-hybridized carbons (Fsp3) is 0.125. The highest BCUT2D eigenvalue weighted by Gasteiger charge is 2.05. The second kappa shape index (κ2) is 7.80. The molecule has 6 nitrogen and oxygen atoms in total. The van der Waals surface area contributed by atoms with Crippen LogP contribution in [0.2, 0.25) is 0 Å². The topological polar surface area (TPSA) is 93.5 Å². The van der Waals surface area contributed by atoms with Crippen LogP contribution in [0.1, 0.15) is 21.5 Å². The van der Waals surface area contributed by atoms with E-state index in [9.17, 15) is 9.59 Å². The number of carbonyl (C=O) groups excluding carboxylic acids is 2. The zero-order valence-corrected chi connectivity index (χ0v) is 11.9. The molecule has 4 N–H and O–H groups in total. The molecule has 114 valence electrons. The lowest BCUT2D eigenvalue weighted by Crippen LogP contribution is -2.28. The van der Waals surface area contributed by atoms with Crippen molar-refractivity contribution >= 4 is 11.9 Å². The van der Waals surface area contributed by atoms with Gasteiger partial charge in [0.05, 0.1) is 6.61 Å². The highest BCUT2D eigenvalue weighted by molar-refractivity contribution is 5.93. The predicted octanol–water partition coefficient (Wildman–Crippen LogP) is 1.72. The van der Waals surface area contributed by atoms with Crippen LogP contribution in [-0.4, -0.2) is 11.9 Å². The molecule has 0 atom stereocenters. The summed E-state index contributed by atoms with van der Waals surface area (Å²) in [4.78, 5) is 27.7. The molecule has 22 heavy (non-hydrogen) atoms. The van der Waals surface area contributed by atoms with Gasteiger partial charge in [-0.1, -0.05) is 42.5 Å². The number of nitrogens with two attached hydrogens (primary N) is 1. The summed E-state index contributed by atoms with van der Waals surface area (Å²) >= 11 is 0. The fourth-order valence-electron chi connectivity index (χ4n) is 1.78. The molecule has 2 aromatic carbocycles. The second-order valence-corrected chi connectivity index (χ2v) is 4.62. The largest absolute Gasteiger partial charge is 0.352 e. The van der Waals surface area contributed by atoms with Gasteiger partial charge in [0.1, 0.15) is 0 Å². The summed E-state index contributed by atoms with van der Waals surface area (Å²) in [5.41, 5.74) is 9.66. The van der Waals surface area contributed by atoms with Crippen LogP contribution in [0, 0.1) is 0 Å². The van der Waals surface area contributed by atoms with Gasteiger partial charge in [-0.15, -0.1) is 0 Å². The van der Waals surface area contributed by atoms with Crippen molar-refractivity contribution in [1.82, 2.24) is 10.8 Å². The molecule has 0 radical (unpaired) electrons. The summed E-state index contributed by atoms with van der Waals surface area (Å²) in [6.07, 6.45) is 0. The Hall–Kier alpha value is -2.86. The summed E-state index contributed by atoms with van der Waals surface area (Å²) in [5.74, 6) is -0.328. The molecule has 0 saturated carbocycles. The van der Waals surface area contributed by atoms with Crippen molar-refractivity contribution in [2.75, 3.05) is 0 Å². The normalized spacial score (nSPS) is 10.0. The second-order valence-electron chi connectivity index (χ2n) is 4.62. The van der Waals surface area contributed by atoms with E-state index in [1.165, 1.54) is 0 Å². The Balaban J connectivity index is 1.81. The molecule has 0 bridgehead atoms.